The third-order valence-corrected chi connectivity index (χ3v) is 3.75. The summed E-state index contributed by atoms with van der Waals surface area (Å²) in [6, 6.07) is 13.1. The van der Waals surface area contributed by atoms with Gasteiger partial charge in [-0.3, -0.25) is 0 Å². The van der Waals surface area contributed by atoms with E-state index in [1.54, 1.807) is 11.3 Å². The average Bonchev–Trinajstić information content (AvgIpc) is 2.90. The number of hydrogen-bond acceptors (Lipinski definition) is 3. The Balaban J connectivity index is 1.81. The van der Waals surface area contributed by atoms with E-state index < -0.39 is 0 Å². The largest absolute Gasteiger partial charge is 0.493 e. The Morgan fingerprint density at radius 2 is 2.11 bits per heavy atom. The molecule has 0 bridgehead atoms. The topological polar surface area (TPSA) is 21.3 Å². The van der Waals surface area contributed by atoms with E-state index in [9.17, 15) is 0 Å². The monoisotopic (exact) mass is 275 g/mol. The van der Waals surface area contributed by atoms with Crippen molar-refractivity contribution in [3.63, 3.8) is 0 Å². The van der Waals surface area contributed by atoms with Crippen molar-refractivity contribution in [3.05, 3.63) is 52.2 Å². The molecule has 1 aromatic carbocycles. The molecular formula is C16H21NOS. The van der Waals surface area contributed by atoms with Gasteiger partial charge in [0.25, 0.3) is 0 Å². The summed E-state index contributed by atoms with van der Waals surface area (Å²) >= 11 is 1.78. The van der Waals surface area contributed by atoms with Crippen molar-refractivity contribution in [2.24, 2.45) is 0 Å². The van der Waals surface area contributed by atoms with Crippen LogP contribution in [-0.2, 0) is 13.0 Å². The molecule has 0 saturated carbocycles. The van der Waals surface area contributed by atoms with Crippen LogP contribution in [0, 0.1) is 0 Å². The van der Waals surface area contributed by atoms with Gasteiger partial charge in [-0.1, -0.05) is 32.0 Å². The average molecular weight is 275 g/mol. The molecule has 19 heavy (non-hydrogen) atoms. The Bertz CT molecular complexity index is 479. The fourth-order valence-corrected chi connectivity index (χ4v) is 2.48. The van der Waals surface area contributed by atoms with Gasteiger partial charge in [-0.15, -0.1) is 11.3 Å². The van der Waals surface area contributed by atoms with Crippen molar-refractivity contribution in [3.8, 4) is 5.75 Å². The molecule has 2 rings (SSSR count). The third-order valence-electron chi connectivity index (χ3n) is 2.81. The molecule has 1 aromatic heterocycles. The Morgan fingerprint density at radius 1 is 1.21 bits per heavy atom. The zero-order chi connectivity index (χ0) is 13.5. The molecule has 2 aromatic rings. The lowest BCUT2D eigenvalue weighted by Gasteiger charge is -2.10. The molecule has 0 spiro atoms. The van der Waals surface area contributed by atoms with E-state index in [1.807, 2.05) is 6.07 Å². The second-order valence-electron chi connectivity index (χ2n) is 4.86. The first-order chi connectivity index (χ1) is 9.24. The molecule has 0 aliphatic rings. The molecule has 1 heterocycles. The van der Waals surface area contributed by atoms with Gasteiger partial charge in [0.1, 0.15) is 5.75 Å². The van der Waals surface area contributed by atoms with Gasteiger partial charge < -0.3 is 10.1 Å². The molecule has 0 atom stereocenters. The van der Waals surface area contributed by atoms with E-state index in [4.69, 9.17) is 4.74 Å². The second kappa shape index (κ2) is 7.31. The lowest BCUT2D eigenvalue weighted by atomic mass is 10.2. The van der Waals surface area contributed by atoms with Crippen molar-refractivity contribution < 1.29 is 4.74 Å². The molecule has 1 N–H and O–H groups in total. The lowest BCUT2D eigenvalue weighted by molar-refractivity contribution is 0.322. The smallest absolute Gasteiger partial charge is 0.119 e. The lowest BCUT2D eigenvalue weighted by Crippen LogP contribution is -2.21. The molecule has 3 heteroatoms. The van der Waals surface area contributed by atoms with E-state index in [2.05, 4.69) is 54.9 Å². The highest BCUT2D eigenvalue weighted by Crippen LogP contribution is 2.15. The van der Waals surface area contributed by atoms with Crippen molar-refractivity contribution in [1.29, 1.82) is 0 Å². The van der Waals surface area contributed by atoms with Gasteiger partial charge in [0.2, 0.25) is 0 Å². The van der Waals surface area contributed by atoms with Crippen LogP contribution in [0.25, 0.3) is 0 Å². The van der Waals surface area contributed by atoms with E-state index in [1.165, 1.54) is 10.4 Å². The number of nitrogens with one attached hydrogen (secondary N) is 1. The van der Waals surface area contributed by atoms with Gasteiger partial charge in [-0.25, -0.2) is 0 Å². The zero-order valence-corrected chi connectivity index (χ0v) is 12.4. The van der Waals surface area contributed by atoms with Gasteiger partial charge in [-0.05, 0) is 29.1 Å². The van der Waals surface area contributed by atoms with Crippen molar-refractivity contribution in [2.45, 2.75) is 32.9 Å². The number of thiophene rings is 1. The Morgan fingerprint density at radius 3 is 2.84 bits per heavy atom. The second-order valence-corrected chi connectivity index (χ2v) is 5.89. The van der Waals surface area contributed by atoms with Crippen LogP contribution in [0.4, 0.5) is 0 Å². The normalized spacial score (nSPS) is 10.9. The minimum Gasteiger partial charge on any atom is -0.493 e. The molecule has 0 aliphatic heterocycles. The quantitative estimate of drug-likeness (QED) is 0.828. The SMILES string of the molecule is CC(C)NCc1cccc(OCCc2cccs2)c1. The van der Waals surface area contributed by atoms with Crippen LogP contribution in [0.15, 0.2) is 41.8 Å². The van der Waals surface area contributed by atoms with Crippen LogP contribution in [-0.4, -0.2) is 12.6 Å². The molecule has 0 saturated heterocycles. The first-order valence-corrected chi connectivity index (χ1v) is 7.59. The summed E-state index contributed by atoms with van der Waals surface area (Å²) in [7, 11) is 0. The van der Waals surface area contributed by atoms with Gasteiger partial charge in [-0.2, -0.15) is 0 Å². The summed E-state index contributed by atoms with van der Waals surface area (Å²) in [5.41, 5.74) is 1.27. The van der Waals surface area contributed by atoms with Gasteiger partial charge in [0, 0.05) is 23.9 Å². The van der Waals surface area contributed by atoms with Crippen molar-refractivity contribution in [2.75, 3.05) is 6.61 Å². The van der Waals surface area contributed by atoms with E-state index in [0.29, 0.717) is 6.04 Å². The van der Waals surface area contributed by atoms with Gasteiger partial charge >= 0.3 is 0 Å². The maximum absolute atomic E-state index is 5.81. The summed E-state index contributed by atoms with van der Waals surface area (Å²) in [4.78, 5) is 1.37. The Kier molecular flexibility index (Phi) is 5.43. The van der Waals surface area contributed by atoms with E-state index in [-0.39, 0.29) is 0 Å². The van der Waals surface area contributed by atoms with Gasteiger partial charge in [0.05, 0.1) is 6.61 Å². The zero-order valence-electron chi connectivity index (χ0n) is 11.6. The van der Waals surface area contributed by atoms with Crippen molar-refractivity contribution >= 4 is 11.3 Å². The minimum atomic E-state index is 0.503. The molecular weight excluding hydrogens is 254 g/mol. The fourth-order valence-electron chi connectivity index (χ4n) is 1.79. The van der Waals surface area contributed by atoms with E-state index >= 15 is 0 Å². The molecule has 2 nitrogen and oxygen atoms in total. The number of rotatable bonds is 7. The van der Waals surface area contributed by atoms with Crippen LogP contribution in [0.3, 0.4) is 0 Å². The van der Waals surface area contributed by atoms with Crippen LogP contribution < -0.4 is 10.1 Å². The summed E-state index contributed by atoms with van der Waals surface area (Å²) < 4.78 is 5.81. The Labute approximate surface area is 119 Å². The first-order valence-electron chi connectivity index (χ1n) is 6.71. The predicted octanol–water partition coefficient (Wildman–Crippen LogP) is 3.87. The number of benzene rings is 1. The summed E-state index contributed by atoms with van der Waals surface area (Å²) in [6.45, 7) is 5.93. The maximum atomic E-state index is 5.81. The summed E-state index contributed by atoms with van der Waals surface area (Å²) in [5, 5.41) is 5.52. The van der Waals surface area contributed by atoms with Crippen LogP contribution >= 0.6 is 11.3 Å². The molecule has 102 valence electrons. The first kappa shape index (κ1) is 14.1. The van der Waals surface area contributed by atoms with Gasteiger partial charge in [0.15, 0.2) is 0 Å². The fraction of sp³-hybridized carbons (Fsp3) is 0.375. The standard InChI is InChI=1S/C16H21NOS/c1-13(2)17-12-14-5-3-6-15(11-14)18-9-8-16-7-4-10-19-16/h3-7,10-11,13,17H,8-9,12H2,1-2H3. The molecule has 0 fully saturated rings. The summed E-state index contributed by atoms with van der Waals surface area (Å²) in [6.07, 6.45) is 0.978. The molecule has 0 amide bonds. The number of ether oxygens (including phenoxy) is 1. The highest BCUT2D eigenvalue weighted by Gasteiger charge is 1.99. The maximum Gasteiger partial charge on any atom is 0.119 e. The molecule has 0 radical (unpaired) electrons. The molecule has 0 unspecified atom stereocenters. The predicted molar refractivity (Wildman–Crippen MR) is 81.9 cm³/mol. The minimum absolute atomic E-state index is 0.503. The molecule has 0 aliphatic carbocycles. The highest BCUT2D eigenvalue weighted by molar-refractivity contribution is 7.09. The van der Waals surface area contributed by atoms with Crippen LogP contribution in [0.2, 0.25) is 0 Å². The van der Waals surface area contributed by atoms with Crippen molar-refractivity contribution in [1.82, 2.24) is 5.32 Å². The Hall–Kier alpha value is -1.32. The van der Waals surface area contributed by atoms with Crippen LogP contribution in [0.5, 0.6) is 5.75 Å². The number of hydrogen-bond donors (Lipinski definition) is 1. The highest BCUT2D eigenvalue weighted by atomic mass is 32.1. The summed E-state index contributed by atoms with van der Waals surface area (Å²) in [5.74, 6) is 0.958. The van der Waals surface area contributed by atoms with Crippen LogP contribution in [0.1, 0.15) is 24.3 Å². The van der Waals surface area contributed by atoms with E-state index in [0.717, 1.165) is 25.3 Å². The third kappa shape index (κ3) is 5.05.